The summed E-state index contributed by atoms with van der Waals surface area (Å²) in [5, 5.41) is 2.17. The van der Waals surface area contributed by atoms with Gasteiger partial charge in [0, 0.05) is 16.5 Å². The van der Waals surface area contributed by atoms with E-state index in [2.05, 4.69) is 47.1 Å². The van der Waals surface area contributed by atoms with Crippen molar-refractivity contribution in [1.82, 2.24) is 0 Å². The summed E-state index contributed by atoms with van der Waals surface area (Å²) in [7, 11) is 0. The van der Waals surface area contributed by atoms with Crippen molar-refractivity contribution in [2.75, 3.05) is 0 Å². The molecular formula is C21H19BrO. The highest BCUT2D eigenvalue weighted by Gasteiger charge is 2.12. The molecule has 3 aromatic carbocycles. The van der Waals surface area contributed by atoms with Crippen LogP contribution in [-0.2, 0) is 0 Å². The molecule has 3 aromatic rings. The van der Waals surface area contributed by atoms with Crippen molar-refractivity contribution in [2.24, 2.45) is 0 Å². The Bertz CT molecular complexity index is 834. The lowest BCUT2D eigenvalue weighted by molar-refractivity contribution is 0.0981. The van der Waals surface area contributed by atoms with Crippen molar-refractivity contribution in [1.29, 1.82) is 0 Å². The Morgan fingerprint density at radius 2 is 1.70 bits per heavy atom. The quantitative estimate of drug-likeness (QED) is 0.462. The third kappa shape index (κ3) is 3.53. The first-order valence-electron chi connectivity index (χ1n) is 8.01. The molecule has 0 aliphatic heterocycles. The minimum Gasteiger partial charge on any atom is -0.294 e. The number of unbranched alkanes of at least 4 members (excludes halogenated alkanes) is 1. The van der Waals surface area contributed by atoms with Crippen LogP contribution in [0.3, 0.4) is 0 Å². The zero-order valence-corrected chi connectivity index (χ0v) is 14.8. The molecular weight excluding hydrogens is 348 g/mol. The zero-order chi connectivity index (χ0) is 16.2. The Labute approximate surface area is 145 Å². The summed E-state index contributed by atoms with van der Waals surface area (Å²) < 4.78 is 1.06. The van der Waals surface area contributed by atoms with Crippen LogP contribution in [0, 0.1) is 0 Å². The van der Waals surface area contributed by atoms with E-state index in [1.54, 1.807) is 0 Å². The SMILES string of the molecule is CCCCC(=O)c1cc(-c2ccc(Br)cc2)cc2ccccc12. The number of rotatable bonds is 5. The van der Waals surface area contributed by atoms with Crippen LogP contribution in [0.15, 0.2) is 65.1 Å². The maximum atomic E-state index is 12.6. The van der Waals surface area contributed by atoms with E-state index in [4.69, 9.17) is 0 Å². The van der Waals surface area contributed by atoms with E-state index in [9.17, 15) is 4.79 Å². The third-order valence-corrected chi connectivity index (χ3v) is 4.63. The van der Waals surface area contributed by atoms with E-state index in [-0.39, 0.29) is 5.78 Å². The Morgan fingerprint density at radius 1 is 0.957 bits per heavy atom. The molecule has 0 saturated heterocycles. The van der Waals surface area contributed by atoms with E-state index in [0.717, 1.165) is 44.8 Å². The van der Waals surface area contributed by atoms with Crippen molar-refractivity contribution in [3.8, 4) is 11.1 Å². The first kappa shape index (κ1) is 15.9. The van der Waals surface area contributed by atoms with Gasteiger partial charge in [-0.25, -0.2) is 0 Å². The van der Waals surface area contributed by atoms with Gasteiger partial charge in [-0.3, -0.25) is 4.79 Å². The molecule has 0 aliphatic rings. The molecule has 0 fully saturated rings. The fourth-order valence-electron chi connectivity index (χ4n) is 2.82. The monoisotopic (exact) mass is 366 g/mol. The van der Waals surface area contributed by atoms with Gasteiger partial charge in [0.25, 0.3) is 0 Å². The molecule has 0 aromatic heterocycles. The minimum absolute atomic E-state index is 0.238. The van der Waals surface area contributed by atoms with Crippen molar-refractivity contribution in [3.63, 3.8) is 0 Å². The maximum Gasteiger partial charge on any atom is 0.163 e. The van der Waals surface area contributed by atoms with Crippen LogP contribution in [0.4, 0.5) is 0 Å². The molecule has 2 heteroatoms. The average Bonchev–Trinajstić information content (AvgIpc) is 2.59. The molecule has 0 unspecified atom stereocenters. The number of halogens is 1. The Kier molecular flexibility index (Phi) is 4.92. The van der Waals surface area contributed by atoms with Crippen molar-refractivity contribution < 1.29 is 4.79 Å². The van der Waals surface area contributed by atoms with Crippen LogP contribution in [-0.4, -0.2) is 5.78 Å². The van der Waals surface area contributed by atoms with Gasteiger partial charge in [-0.1, -0.05) is 65.7 Å². The van der Waals surface area contributed by atoms with E-state index in [1.165, 1.54) is 0 Å². The second-order valence-corrected chi connectivity index (χ2v) is 6.69. The predicted octanol–water partition coefficient (Wildman–Crippen LogP) is 6.64. The summed E-state index contributed by atoms with van der Waals surface area (Å²) in [5.41, 5.74) is 3.06. The number of hydrogen-bond acceptors (Lipinski definition) is 1. The van der Waals surface area contributed by atoms with Crippen LogP contribution >= 0.6 is 15.9 Å². The predicted molar refractivity (Wildman–Crippen MR) is 101 cm³/mol. The summed E-state index contributed by atoms with van der Waals surface area (Å²) in [6.45, 7) is 2.11. The fourth-order valence-corrected chi connectivity index (χ4v) is 3.09. The van der Waals surface area contributed by atoms with E-state index >= 15 is 0 Å². The molecule has 23 heavy (non-hydrogen) atoms. The van der Waals surface area contributed by atoms with Gasteiger partial charge in [0.05, 0.1) is 0 Å². The normalized spacial score (nSPS) is 10.9. The highest BCUT2D eigenvalue weighted by Crippen LogP contribution is 2.29. The van der Waals surface area contributed by atoms with Gasteiger partial charge in [0.1, 0.15) is 0 Å². The van der Waals surface area contributed by atoms with Gasteiger partial charge in [0.2, 0.25) is 0 Å². The van der Waals surface area contributed by atoms with Crippen molar-refractivity contribution in [3.05, 3.63) is 70.7 Å². The van der Waals surface area contributed by atoms with Gasteiger partial charge >= 0.3 is 0 Å². The van der Waals surface area contributed by atoms with Crippen LogP contribution in [0.2, 0.25) is 0 Å². The Morgan fingerprint density at radius 3 is 2.43 bits per heavy atom. The summed E-state index contributed by atoms with van der Waals surface area (Å²) in [6, 6.07) is 20.6. The van der Waals surface area contributed by atoms with Gasteiger partial charge in [0.15, 0.2) is 5.78 Å². The van der Waals surface area contributed by atoms with Crippen LogP contribution < -0.4 is 0 Å². The summed E-state index contributed by atoms with van der Waals surface area (Å²) in [4.78, 5) is 12.6. The lowest BCUT2D eigenvalue weighted by Gasteiger charge is -2.10. The largest absolute Gasteiger partial charge is 0.294 e. The zero-order valence-electron chi connectivity index (χ0n) is 13.2. The Balaban J connectivity index is 2.13. The van der Waals surface area contributed by atoms with Crippen molar-refractivity contribution >= 4 is 32.5 Å². The second-order valence-electron chi connectivity index (χ2n) is 5.78. The molecule has 0 N–H and O–H groups in total. The van der Waals surface area contributed by atoms with Gasteiger partial charge < -0.3 is 0 Å². The van der Waals surface area contributed by atoms with Crippen LogP contribution in [0.1, 0.15) is 36.5 Å². The minimum atomic E-state index is 0.238. The standard InChI is InChI=1S/C21H19BrO/c1-2-3-8-21(23)20-14-17(15-9-11-18(22)12-10-15)13-16-6-4-5-7-19(16)20/h4-7,9-14H,2-3,8H2,1H3. The molecule has 0 bridgehead atoms. The molecule has 0 radical (unpaired) electrons. The number of fused-ring (bicyclic) bond motifs is 1. The number of hydrogen-bond donors (Lipinski definition) is 0. The molecule has 0 heterocycles. The number of benzene rings is 3. The lowest BCUT2D eigenvalue weighted by atomic mass is 9.93. The highest BCUT2D eigenvalue weighted by atomic mass is 79.9. The van der Waals surface area contributed by atoms with E-state index < -0.39 is 0 Å². The topological polar surface area (TPSA) is 17.1 Å². The molecule has 0 saturated carbocycles. The fraction of sp³-hybridized carbons (Fsp3) is 0.190. The number of carbonyl (C=O) groups is 1. The molecule has 0 aliphatic carbocycles. The highest BCUT2D eigenvalue weighted by molar-refractivity contribution is 9.10. The third-order valence-electron chi connectivity index (χ3n) is 4.10. The first-order chi connectivity index (χ1) is 11.2. The summed E-state index contributed by atoms with van der Waals surface area (Å²) in [5.74, 6) is 0.238. The smallest absolute Gasteiger partial charge is 0.163 e. The van der Waals surface area contributed by atoms with Gasteiger partial charge in [-0.15, -0.1) is 0 Å². The van der Waals surface area contributed by atoms with Crippen LogP contribution in [0.5, 0.6) is 0 Å². The molecule has 0 atom stereocenters. The number of carbonyl (C=O) groups excluding carboxylic acids is 1. The van der Waals surface area contributed by atoms with E-state index in [0.29, 0.717) is 6.42 Å². The Hall–Kier alpha value is -1.93. The van der Waals surface area contributed by atoms with Gasteiger partial charge in [-0.2, -0.15) is 0 Å². The summed E-state index contributed by atoms with van der Waals surface area (Å²) >= 11 is 3.47. The number of Topliss-reactive ketones (excluding diaryl/α,β-unsaturated/α-hetero) is 1. The molecule has 116 valence electrons. The van der Waals surface area contributed by atoms with Crippen molar-refractivity contribution in [2.45, 2.75) is 26.2 Å². The van der Waals surface area contributed by atoms with E-state index in [1.807, 2.05) is 36.4 Å². The molecule has 0 amide bonds. The first-order valence-corrected chi connectivity index (χ1v) is 8.80. The van der Waals surface area contributed by atoms with Crippen LogP contribution in [0.25, 0.3) is 21.9 Å². The second kappa shape index (κ2) is 7.10. The molecule has 0 spiro atoms. The number of ketones is 1. The lowest BCUT2D eigenvalue weighted by Crippen LogP contribution is -2.00. The van der Waals surface area contributed by atoms with Gasteiger partial charge in [-0.05, 0) is 52.6 Å². The average molecular weight is 367 g/mol. The summed E-state index contributed by atoms with van der Waals surface area (Å²) in [6.07, 6.45) is 2.59. The maximum absolute atomic E-state index is 12.6. The molecule has 1 nitrogen and oxygen atoms in total. The molecule has 3 rings (SSSR count).